The molecule has 0 aromatic heterocycles. The molecular weight excluding hydrogens is 779 g/mol. The highest BCUT2D eigenvalue weighted by molar-refractivity contribution is 5.76. The molecule has 0 heterocycles. The number of carbonyl (C=O) groups excluding carboxylic acids is 2. The zero-order valence-corrected chi connectivity index (χ0v) is 42.3. The van der Waals surface area contributed by atoms with Gasteiger partial charge in [0.15, 0.2) is 0 Å². The topological polar surface area (TPSA) is 95.9 Å². The van der Waals surface area contributed by atoms with Crippen LogP contribution in [0.4, 0.5) is 0 Å². The highest BCUT2D eigenvalue weighted by atomic mass is 16.5. The second kappa shape index (κ2) is 53.0. The molecule has 0 rings (SSSR count). The molecule has 0 fully saturated rings. The van der Waals surface area contributed by atoms with Crippen molar-refractivity contribution in [3.05, 3.63) is 24.3 Å². The minimum Gasteiger partial charge on any atom is -0.466 e. The second-order valence-electron chi connectivity index (χ2n) is 19.3. The summed E-state index contributed by atoms with van der Waals surface area (Å²) < 4.78 is 5.46. The number of aliphatic hydroxyl groups is 2. The Labute approximate surface area is 392 Å². The average molecular weight is 889 g/mol. The number of nitrogens with one attached hydrogen (secondary N) is 1. The molecule has 0 aromatic carbocycles. The summed E-state index contributed by atoms with van der Waals surface area (Å²) in [6, 6.07) is -0.624. The van der Waals surface area contributed by atoms with Gasteiger partial charge in [-0.3, -0.25) is 9.59 Å². The van der Waals surface area contributed by atoms with Gasteiger partial charge in [0.05, 0.1) is 25.4 Å². The van der Waals surface area contributed by atoms with Gasteiger partial charge in [-0.15, -0.1) is 0 Å². The number of rotatable bonds is 52. The van der Waals surface area contributed by atoms with Gasteiger partial charge in [-0.05, 0) is 51.4 Å². The Morgan fingerprint density at radius 2 is 0.762 bits per heavy atom. The van der Waals surface area contributed by atoms with Crippen molar-refractivity contribution in [2.75, 3.05) is 13.2 Å². The van der Waals surface area contributed by atoms with Crippen LogP contribution in [0.2, 0.25) is 0 Å². The Balaban J connectivity index is 3.35. The van der Waals surface area contributed by atoms with Crippen LogP contribution in [0.5, 0.6) is 0 Å². The van der Waals surface area contributed by atoms with Crippen molar-refractivity contribution < 1.29 is 24.5 Å². The lowest BCUT2D eigenvalue weighted by Gasteiger charge is -2.20. The van der Waals surface area contributed by atoms with E-state index in [0.717, 1.165) is 44.9 Å². The number of carbonyl (C=O) groups is 2. The number of unbranched alkanes of at least 4 members (excludes halogenated alkanes) is 39. The smallest absolute Gasteiger partial charge is 0.305 e. The highest BCUT2D eigenvalue weighted by Crippen LogP contribution is 2.17. The lowest BCUT2D eigenvalue weighted by molar-refractivity contribution is -0.143. The van der Waals surface area contributed by atoms with E-state index >= 15 is 0 Å². The van der Waals surface area contributed by atoms with Crippen LogP contribution in [0.15, 0.2) is 24.3 Å². The van der Waals surface area contributed by atoms with Gasteiger partial charge >= 0.3 is 5.97 Å². The maximum atomic E-state index is 12.4. The SMILES string of the molecule is CCCC/C=C\CCCCCCCC(=O)OCCCCCCCCCCCCCCCCCCCCCCCCCCCC(=O)NC(CO)C(O)/C=C/CCCCCCCCCC. The first-order chi connectivity index (χ1) is 31.0. The molecule has 0 saturated carbocycles. The number of hydrogen-bond donors (Lipinski definition) is 3. The molecule has 0 aliphatic rings. The molecule has 0 aromatic rings. The van der Waals surface area contributed by atoms with E-state index in [1.165, 1.54) is 231 Å². The summed E-state index contributed by atoms with van der Waals surface area (Å²) in [7, 11) is 0. The monoisotopic (exact) mass is 888 g/mol. The lowest BCUT2D eigenvalue weighted by atomic mass is 10.0. The molecule has 3 N–H and O–H groups in total. The summed E-state index contributed by atoms with van der Waals surface area (Å²) in [5.74, 6) is -0.0633. The van der Waals surface area contributed by atoms with Crippen LogP contribution in [0.3, 0.4) is 0 Å². The number of esters is 1. The van der Waals surface area contributed by atoms with Crippen LogP contribution in [-0.4, -0.2) is 47.4 Å². The third-order valence-corrected chi connectivity index (χ3v) is 13.0. The Hall–Kier alpha value is -1.66. The maximum Gasteiger partial charge on any atom is 0.305 e. The summed E-state index contributed by atoms with van der Waals surface area (Å²) in [5, 5.41) is 23.0. The molecule has 1 amide bonds. The third-order valence-electron chi connectivity index (χ3n) is 13.0. The minimum absolute atomic E-state index is 0.00454. The van der Waals surface area contributed by atoms with Crippen LogP contribution in [0.1, 0.15) is 303 Å². The van der Waals surface area contributed by atoms with E-state index < -0.39 is 12.1 Å². The van der Waals surface area contributed by atoms with E-state index in [1.807, 2.05) is 6.08 Å². The molecule has 0 radical (unpaired) electrons. The molecule has 0 aliphatic heterocycles. The summed E-state index contributed by atoms with van der Waals surface area (Å²) in [6.45, 7) is 4.85. The molecule has 63 heavy (non-hydrogen) atoms. The average Bonchev–Trinajstić information content (AvgIpc) is 3.28. The molecular formula is C57H109NO5. The van der Waals surface area contributed by atoms with Crippen LogP contribution < -0.4 is 5.32 Å². The van der Waals surface area contributed by atoms with E-state index in [4.69, 9.17) is 4.74 Å². The summed E-state index contributed by atoms with van der Waals surface area (Å²) in [6.07, 6.45) is 63.5. The van der Waals surface area contributed by atoms with Gasteiger partial charge in [0.1, 0.15) is 0 Å². The molecule has 2 atom stereocenters. The van der Waals surface area contributed by atoms with Gasteiger partial charge in [0.2, 0.25) is 5.91 Å². The van der Waals surface area contributed by atoms with Gasteiger partial charge in [0, 0.05) is 12.8 Å². The second-order valence-corrected chi connectivity index (χ2v) is 19.3. The molecule has 0 aliphatic carbocycles. The lowest BCUT2D eigenvalue weighted by Crippen LogP contribution is -2.45. The Morgan fingerprint density at radius 3 is 1.17 bits per heavy atom. The predicted octanol–water partition coefficient (Wildman–Crippen LogP) is 17.1. The summed E-state index contributed by atoms with van der Waals surface area (Å²) in [4.78, 5) is 24.4. The van der Waals surface area contributed by atoms with Crippen molar-refractivity contribution in [1.82, 2.24) is 5.32 Å². The van der Waals surface area contributed by atoms with Gasteiger partial charge in [0.25, 0.3) is 0 Å². The molecule has 372 valence electrons. The number of aliphatic hydroxyl groups excluding tert-OH is 2. The van der Waals surface area contributed by atoms with E-state index in [1.54, 1.807) is 6.08 Å². The normalized spacial score (nSPS) is 12.8. The molecule has 0 spiro atoms. The van der Waals surface area contributed by atoms with E-state index in [2.05, 4.69) is 31.3 Å². The first-order valence-electron chi connectivity index (χ1n) is 28.1. The van der Waals surface area contributed by atoms with Crippen LogP contribution >= 0.6 is 0 Å². The fraction of sp³-hybridized carbons (Fsp3) is 0.895. The molecule has 6 nitrogen and oxygen atoms in total. The number of amides is 1. The zero-order chi connectivity index (χ0) is 45.8. The van der Waals surface area contributed by atoms with E-state index in [-0.39, 0.29) is 18.5 Å². The van der Waals surface area contributed by atoms with Crippen molar-refractivity contribution in [3.63, 3.8) is 0 Å². The van der Waals surface area contributed by atoms with Crippen molar-refractivity contribution in [2.24, 2.45) is 0 Å². The quantitative estimate of drug-likeness (QED) is 0.0321. The van der Waals surface area contributed by atoms with Crippen LogP contribution in [0.25, 0.3) is 0 Å². The number of hydrogen-bond acceptors (Lipinski definition) is 5. The predicted molar refractivity (Wildman–Crippen MR) is 273 cm³/mol. The molecule has 6 heteroatoms. The fourth-order valence-corrected chi connectivity index (χ4v) is 8.62. The molecule has 2 unspecified atom stereocenters. The first-order valence-corrected chi connectivity index (χ1v) is 28.1. The van der Waals surface area contributed by atoms with Crippen molar-refractivity contribution in [3.8, 4) is 0 Å². The van der Waals surface area contributed by atoms with E-state index in [0.29, 0.717) is 19.4 Å². The van der Waals surface area contributed by atoms with Crippen molar-refractivity contribution >= 4 is 11.9 Å². The fourth-order valence-electron chi connectivity index (χ4n) is 8.62. The van der Waals surface area contributed by atoms with Crippen LogP contribution in [-0.2, 0) is 14.3 Å². The third kappa shape index (κ3) is 49.6. The molecule has 0 bridgehead atoms. The summed E-state index contributed by atoms with van der Waals surface area (Å²) in [5.41, 5.74) is 0. The first kappa shape index (κ1) is 61.3. The van der Waals surface area contributed by atoms with Crippen molar-refractivity contribution in [2.45, 2.75) is 315 Å². The van der Waals surface area contributed by atoms with Gasteiger partial charge in [-0.2, -0.15) is 0 Å². The number of allylic oxidation sites excluding steroid dienone is 3. The Bertz CT molecular complexity index is 982. The van der Waals surface area contributed by atoms with Gasteiger partial charge in [-0.1, -0.05) is 263 Å². The van der Waals surface area contributed by atoms with Gasteiger partial charge in [-0.25, -0.2) is 0 Å². The summed E-state index contributed by atoms with van der Waals surface area (Å²) >= 11 is 0. The number of ether oxygens (including phenoxy) is 1. The minimum atomic E-state index is -0.840. The highest BCUT2D eigenvalue weighted by Gasteiger charge is 2.18. The largest absolute Gasteiger partial charge is 0.466 e. The maximum absolute atomic E-state index is 12.4. The van der Waals surface area contributed by atoms with Gasteiger partial charge < -0.3 is 20.3 Å². The van der Waals surface area contributed by atoms with Crippen LogP contribution in [0, 0.1) is 0 Å². The molecule has 0 saturated heterocycles. The Kier molecular flexibility index (Phi) is 51.6. The zero-order valence-electron chi connectivity index (χ0n) is 42.3. The van der Waals surface area contributed by atoms with Crippen molar-refractivity contribution in [1.29, 1.82) is 0 Å². The van der Waals surface area contributed by atoms with E-state index in [9.17, 15) is 19.8 Å². The Morgan fingerprint density at radius 1 is 0.429 bits per heavy atom. The standard InChI is InChI=1S/C57H109NO5/c1-3-5-7-9-11-13-30-35-39-43-47-51-57(62)63-52-48-44-40-36-32-29-27-25-23-21-19-17-15-16-18-20-22-24-26-28-31-34-38-42-46-50-56(61)58-54(53-59)55(60)49-45-41-37-33-14-12-10-8-6-4-2/h9,11,45,49,54-55,59-60H,3-8,10,12-44,46-48,50-53H2,1-2H3,(H,58,61)/b11-9-,49-45+.